The zero-order valence-corrected chi connectivity index (χ0v) is 10.7. The van der Waals surface area contributed by atoms with Crippen molar-refractivity contribution in [2.75, 3.05) is 0 Å². The lowest BCUT2D eigenvalue weighted by atomic mass is 10.4. The van der Waals surface area contributed by atoms with E-state index in [2.05, 4.69) is 20.6 Å². The molecule has 1 amide bonds. The van der Waals surface area contributed by atoms with Gasteiger partial charge in [-0.15, -0.1) is 0 Å². The van der Waals surface area contributed by atoms with E-state index in [0.29, 0.717) is 17.4 Å². The quantitative estimate of drug-likeness (QED) is 0.898. The maximum atomic E-state index is 11.6. The SMILES string of the molecule is CC(C)NC(=O)c1nc(Cn2cc(Cl)cn2)no1. The van der Waals surface area contributed by atoms with Crippen molar-refractivity contribution >= 4 is 17.5 Å². The molecule has 0 saturated carbocycles. The Morgan fingerprint density at radius 2 is 2.39 bits per heavy atom. The van der Waals surface area contributed by atoms with E-state index in [1.165, 1.54) is 6.20 Å². The van der Waals surface area contributed by atoms with Gasteiger partial charge in [0.1, 0.15) is 6.54 Å². The van der Waals surface area contributed by atoms with Crippen LogP contribution in [0.3, 0.4) is 0 Å². The molecule has 0 saturated heterocycles. The molecular weight excluding hydrogens is 258 g/mol. The fraction of sp³-hybridized carbons (Fsp3) is 0.400. The number of carbonyl (C=O) groups excluding carboxylic acids is 1. The first-order chi connectivity index (χ1) is 8.54. The summed E-state index contributed by atoms with van der Waals surface area (Å²) in [4.78, 5) is 15.5. The normalized spacial score (nSPS) is 10.9. The van der Waals surface area contributed by atoms with E-state index in [9.17, 15) is 4.79 Å². The molecule has 0 bridgehead atoms. The van der Waals surface area contributed by atoms with Crippen LogP contribution in [0.4, 0.5) is 0 Å². The monoisotopic (exact) mass is 269 g/mol. The van der Waals surface area contributed by atoms with Crippen LogP contribution >= 0.6 is 11.6 Å². The van der Waals surface area contributed by atoms with Gasteiger partial charge >= 0.3 is 11.8 Å². The number of hydrogen-bond donors (Lipinski definition) is 1. The number of halogens is 1. The van der Waals surface area contributed by atoms with Crippen molar-refractivity contribution < 1.29 is 9.32 Å². The van der Waals surface area contributed by atoms with Gasteiger partial charge in [0.15, 0.2) is 5.82 Å². The summed E-state index contributed by atoms with van der Waals surface area (Å²) < 4.78 is 6.41. The highest BCUT2D eigenvalue weighted by atomic mass is 35.5. The smallest absolute Gasteiger partial charge is 0.316 e. The molecule has 2 rings (SSSR count). The van der Waals surface area contributed by atoms with E-state index in [1.807, 2.05) is 13.8 Å². The number of amides is 1. The zero-order chi connectivity index (χ0) is 13.1. The molecule has 18 heavy (non-hydrogen) atoms. The highest BCUT2D eigenvalue weighted by Gasteiger charge is 2.16. The second-order valence-electron chi connectivity index (χ2n) is 4.00. The molecule has 8 heteroatoms. The summed E-state index contributed by atoms with van der Waals surface area (Å²) in [6, 6.07) is 0.0118. The van der Waals surface area contributed by atoms with Crippen LogP contribution in [0.2, 0.25) is 5.02 Å². The summed E-state index contributed by atoms with van der Waals surface area (Å²) in [5.41, 5.74) is 0. The topological polar surface area (TPSA) is 85.8 Å². The Labute approximate surface area is 108 Å². The van der Waals surface area contributed by atoms with Crippen LogP contribution in [0.15, 0.2) is 16.9 Å². The van der Waals surface area contributed by atoms with E-state index >= 15 is 0 Å². The van der Waals surface area contributed by atoms with Gasteiger partial charge in [0.2, 0.25) is 0 Å². The van der Waals surface area contributed by atoms with Crippen molar-refractivity contribution in [1.29, 1.82) is 0 Å². The van der Waals surface area contributed by atoms with Crippen molar-refractivity contribution in [3.05, 3.63) is 29.1 Å². The van der Waals surface area contributed by atoms with Crippen molar-refractivity contribution in [1.82, 2.24) is 25.2 Å². The lowest BCUT2D eigenvalue weighted by Gasteiger charge is -2.03. The molecule has 0 atom stereocenters. The molecule has 0 spiro atoms. The van der Waals surface area contributed by atoms with Crippen LogP contribution in [-0.4, -0.2) is 31.9 Å². The maximum Gasteiger partial charge on any atom is 0.316 e. The molecule has 2 aromatic heterocycles. The van der Waals surface area contributed by atoms with Gasteiger partial charge in [-0.3, -0.25) is 9.48 Å². The van der Waals surface area contributed by atoms with Gasteiger partial charge < -0.3 is 9.84 Å². The molecule has 0 fully saturated rings. The molecule has 1 N–H and O–H groups in total. The number of hydrogen-bond acceptors (Lipinski definition) is 5. The van der Waals surface area contributed by atoms with Crippen LogP contribution < -0.4 is 5.32 Å². The Bertz CT molecular complexity index is 548. The zero-order valence-electron chi connectivity index (χ0n) is 9.92. The molecule has 96 valence electrons. The third kappa shape index (κ3) is 3.07. The minimum Gasteiger partial charge on any atom is -0.346 e. The van der Waals surface area contributed by atoms with Crippen molar-refractivity contribution in [3.8, 4) is 0 Å². The fourth-order valence-electron chi connectivity index (χ4n) is 1.30. The van der Waals surface area contributed by atoms with Gasteiger partial charge in [0, 0.05) is 12.2 Å². The average Bonchev–Trinajstić information content (AvgIpc) is 2.87. The Balaban J connectivity index is 2.04. The average molecular weight is 270 g/mol. The standard InChI is InChI=1S/C10H12ClN5O2/c1-6(2)13-9(17)10-14-8(15-18-10)5-16-4-7(11)3-12-16/h3-4,6H,5H2,1-2H3,(H,13,17). The van der Waals surface area contributed by atoms with Gasteiger partial charge in [-0.25, -0.2) is 0 Å². The fourth-order valence-corrected chi connectivity index (χ4v) is 1.46. The molecule has 0 radical (unpaired) electrons. The number of nitrogens with one attached hydrogen (secondary N) is 1. The van der Waals surface area contributed by atoms with E-state index in [1.54, 1.807) is 10.9 Å². The molecular formula is C10H12ClN5O2. The van der Waals surface area contributed by atoms with Gasteiger partial charge in [0.25, 0.3) is 0 Å². The van der Waals surface area contributed by atoms with Gasteiger partial charge in [-0.1, -0.05) is 16.8 Å². The molecule has 7 nitrogen and oxygen atoms in total. The van der Waals surface area contributed by atoms with Gasteiger partial charge in [0.05, 0.1) is 11.2 Å². The first-order valence-corrected chi connectivity index (χ1v) is 5.74. The Morgan fingerprint density at radius 1 is 1.61 bits per heavy atom. The minimum absolute atomic E-state index is 0.0118. The third-order valence-corrected chi connectivity index (χ3v) is 2.18. The summed E-state index contributed by atoms with van der Waals surface area (Å²) in [5.74, 6) is -0.0807. The first-order valence-electron chi connectivity index (χ1n) is 5.36. The molecule has 0 aliphatic rings. The van der Waals surface area contributed by atoms with Crippen LogP contribution in [0, 0.1) is 0 Å². The van der Waals surface area contributed by atoms with Crippen LogP contribution in [0.5, 0.6) is 0 Å². The van der Waals surface area contributed by atoms with Crippen molar-refractivity contribution in [3.63, 3.8) is 0 Å². The summed E-state index contributed by atoms with van der Waals surface area (Å²) in [5, 5.41) is 10.9. The minimum atomic E-state index is -0.387. The van der Waals surface area contributed by atoms with Crippen molar-refractivity contribution in [2.45, 2.75) is 26.4 Å². The number of rotatable bonds is 4. The summed E-state index contributed by atoms with van der Waals surface area (Å²) >= 11 is 5.73. The number of carbonyl (C=O) groups is 1. The number of aromatic nitrogens is 4. The summed E-state index contributed by atoms with van der Waals surface area (Å²) in [6.07, 6.45) is 3.14. The van der Waals surface area contributed by atoms with E-state index < -0.39 is 0 Å². The molecule has 0 aromatic carbocycles. The highest BCUT2D eigenvalue weighted by molar-refractivity contribution is 6.30. The molecule has 0 aliphatic heterocycles. The molecule has 0 unspecified atom stereocenters. The highest BCUT2D eigenvalue weighted by Crippen LogP contribution is 2.06. The maximum absolute atomic E-state index is 11.6. The largest absolute Gasteiger partial charge is 0.346 e. The lowest BCUT2D eigenvalue weighted by molar-refractivity contribution is 0.0899. The van der Waals surface area contributed by atoms with Gasteiger partial charge in [-0.2, -0.15) is 10.1 Å². The molecule has 0 aliphatic carbocycles. The lowest BCUT2D eigenvalue weighted by Crippen LogP contribution is -2.30. The van der Waals surface area contributed by atoms with E-state index in [-0.39, 0.29) is 17.8 Å². The second kappa shape index (κ2) is 5.18. The van der Waals surface area contributed by atoms with Gasteiger partial charge in [-0.05, 0) is 13.8 Å². The second-order valence-corrected chi connectivity index (χ2v) is 4.44. The summed E-state index contributed by atoms with van der Waals surface area (Å²) in [7, 11) is 0. The van der Waals surface area contributed by atoms with Crippen LogP contribution in [0.1, 0.15) is 30.4 Å². The Kier molecular flexibility index (Phi) is 3.61. The first kappa shape index (κ1) is 12.6. The van der Waals surface area contributed by atoms with Crippen molar-refractivity contribution in [2.24, 2.45) is 0 Å². The van der Waals surface area contributed by atoms with Crippen LogP contribution in [0.25, 0.3) is 0 Å². The number of nitrogens with zero attached hydrogens (tertiary/aromatic N) is 4. The Hall–Kier alpha value is -1.89. The molecule has 2 aromatic rings. The van der Waals surface area contributed by atoms with Crippen LogP contribution in [-0.2, 0) is 6.54 Å². The predicted octanol–water partition coefficient (Wildman–Crippen LogP) is 1.11. The summed E-state index contributed by atoms with van der Waals surface area (Å²) in [6.45, 7) is 3.99. The van der Waals surface area contributed by atoms with E-state index in [4.69, 9.17) is 16.1 Å². The predicted molar refractivity (Wildman–Crippen MR) is 63.2 cm³/mol. The van der Waals surface area contributed by atoms with E-state index in [0.717, 1.165) is 0 Å². The Morgan fingerprint density at radius 3 is 3.00 bits per heavy atom. The third-order valence-electron chi connectivity index (χ3n) is 1.99. The molecule has 2 heterocycles.